The maximum atomic E-state index is 11.0. The normalized spacial score (nSPS) is 17.5. The van der Waals surface area contributed by atoms with Crippen LogP contribution in [0.15, 0.2) is 47.5 Å². The predicted octanol–water partition coefficient (Wildman–Crippen LogP) is 3.52. The maximum absolute atomic E-state index is 11.0. The van der Waals surface area contributed by atoms with E-state index < -0.39 is 5.97 Å². The average molecular weight is 301 g/mol. The zero-order valence-electron chi connectivity index (χ0n) is 11.5. The number of nitrogens with one attached hydrogen (secondary N) is 1. The van der Waals surface area contributed by atoms with Gasteiger partial charge >= 0.3 is 5.97 Å². The van der Waals surface area contributed by atoms with Crippen molar-refractivity contribution in [1.82, 2.24) is 5.32 Å². The Morgan fingerprint density at radius 2 is 2.10 bits per heavy atom. The maximum Gasteiger partial charge on any atom is 0.309 e. The number of carboxylic acid groups (broad SMARTS) is 1. The molecular formula is C16H15NO3S. The molecule has 1 aromatic carbocycles. The molecule has 108 valence electrons. The third-order valence-electron chi connectivity index (χ3n) is 3.27. The van der Waals surface area contributed by atoms with Crippen molar-refractivity contribution in [2.24, 2.45) is 0 Å². The molecule has 1 aromatic heterocycles. The van der Waals surface area contributed by atoms with Gasteiger partial charge in [0, 0.05) is 5.56 Å². The summed E-state index contributed by atoms with van der Waals surface area (Å²) in [7, 11) is 0. The Labute approximate surface area is 126 Å². The van der Waals surface area contributed by atoms with Crippen LogP contribution in [0.2, 0.25) is 0 Å². The van der Waals surface area contributed by atoms with Crippen molar-refractivity contribution in [3.8, 4) is 0 Å². The molecule has 3 rings (SSSR count). The fourth-order valence-corrected chi connectivity index (χ4v) is 2.97. The van der Waals surface area contributed by atoms with Crippen LogP contribution in [0.4, 0.5) is 0 Å². The first-order valence-electron chi connectivity index (χ1n) is 6.62. The number of ether oxygens (including phenoxy) is 1. The second-order valence-electron chi connectivity index (χ2n) is 4.91. The molecule has 21 heavy (non-hydrogen) atoms. The van der Waals surface area contributed by atoms with Gasteiger partial charge in [-0.05, 0) is 18.4 Å². The van der Waals surface area contributed by atoms with E-state index in [9.17, 15) is 4.79 Å². The number of aryl methyl sites for hydroxylation is 1. The molecule has 0 aliphatic carbocycles. The topological polar surface area (TPSA) is 58.6 Å². The molecule has 0 saturated heterocycles. The van der Waals surface area contributed by atoms with Gasteiger partial charge in [-0.15, -0.1) is 11.3 Å². The van der Waals surface area contributed by atoms with Gasteiger partial charge in [-0.2, -0.15) is 0 Å². The van der Waals surface area contributed by atoms with Gasteiger partial charge in [-0.3, -0.25) is 4.79 Å². The van der Waals surface area contributed by atoms with Crippen molar-refractivity contribution in [3.05, 3.63) is 63.5 Å². The van der Waals surface area contributed by atoms with Gasteiger partial charge in [0.05, 0.1) is 17.0 Å². The van der Waals surface area contributed by atoms with Crippen molar-refractivity contribution in [1.29, 1.82) is 0 Å². The van der Waals surface area contributed by atoms with Crippen LogP contribution >= 0.6 is 11.3 Å². The molecule has 0 bridgehead atoms. The number of rotatable bonds is 4. The summed E-state index contributed by atoms with van der Waals surface area (Å²) in [6, 6.07) is 11.9. The zero-order chi connectivity index (χ0) is 14.8. The van der Waals surface area contributed by atoms with E-state index in [1.165, 1.54) is 16.9 Å². The second kappa shape index (κ2) is 5.61. The van der Waals surface area contributed by atoms with Crippen LogP contribution in [0.5, 0.6) is 0 Å². The molecule has 5 heteroatoms. The lowest BCUT2D eigenvalue weighted by Crippen LogP contribution is -2.17. The first-order valence-corrected chi connectivity index (χ1v) is 7.50. The van der Waals surface area contributed by atoms with E-state index in [0.29, 0.717) is 11.5 Å². The van der Waals surface area contributed by atoms with Crippen molar-refractivity contribution >= 4 is 23.1 Å². The fraction of sp³-hybridized carbons (Fsp3) is 0.188. The Morgan fingerprint density at radius 3 is 2.71 bits per heavy atom. The van der Waals surface area contributed by atoms with E-state index in [4.69, 9.17) is 9.84 Å². The molecule has 0 saturated carbocycles. The van der Waals surface area contributed by atoms with Crippen LogP contribution in [0.25, 0.3) is 5.76 Å². The van der Waals surface area contributed by atoms with Crippen LogP contribution in [0.3, 0.4) is 0 Å². The molecule has 1 unspecified atom stereocenters. The van der Waals surface area contributed by atoms with Gasteiger partial charge < -0.3 is 15.2 Å². The fourth-order valence-electron chi connectivity index (χ4n) is 2.23. The quantitative estimate of drug-likeness (QED) is 0.907. The van der Waals surface area contributed by atoms with Gasteiger partial charge in [0.1, 0.15) is 0 Å². The molecule has 1 atom stereocenters. The highest BCUT2D eigenvalue weighted by Crippen LogP contribution is 2.36. The molecular weight excluding hydrogens is 286 g/mol. The van der Waals surface area contributed by atoms with Crippen LogP contribution in [0.1, 0.15) is 28.7 Å². The molecule has 1 aliphatic rings. The van der Waals surface area contributed by atoms with Crippen LogP contribution in [0, 0.1) is 6.92 Å². The number of hydrogen-bond acceptors (Lipinski definition) is 4. The lowest BCUT2D eigenvalue weighted by atomic mass is 10.1. The molecule has 0 amide bonds. The van der Waals surface area contributed by atoms with E-state index >= 15 is 0 Å². The molecule has 2 heterocycles. The minimum Gasteiger partial charge on any atom is -0.481 e. The summed E-state index contributed by atoms with van der Waals surface area (Å²) in [5.41, 5.74) is 2.78. The summed E-state index contributed by atoms with van der Waals surface area (Å²) in [5, 5.41) is 14.2. The molecule has 0 spiro atoms. The molecule has 2 aromatic rings. The van der Waals surface area contributed by atoms with Crippen molar-refractivity contribution < 1.29 is 14.6 Å². The Kier molecular flexibility index (Phi) is 3.66. The van der Waals surface area contributed by atoms with E-state index in [1.54, 1.807) is 0 Å². The summed E-state index contributed by atoms with van der Waals surface area (Å²) in [6.45, 7) is 2.03. The van der Waals surface area contributed by atoms with Gasteiger partial charge in [0.25, 0.3) is 0 Å². The molecule has 0 fully saturated rings. The average Bonchev–Trinajstić information content (AvgIpc) is 3.08. The Hall–Kier alpha value is -2.27. The monoisotopic (exact) mass is 301 g/mol. The highest BCUT2D eigenvalue weighted by Gasteiger charge is 2.28. The van der Waals surface area contributed by atoms with Crippen molar-refractivity contribution in [2.75, 3.05) is 0 Å². The smallest absolute Gasteiger partial charge is 0.309 e. The SMILES string of the molecule is Cc1ccc(C2NC(CC(=O)O)=C(c3cccs3)O2)cc1. The highest BCUT2D eigenvalue weighted by molar-refractivity contribution is 7.11. The predicted molar refractivity (Wildman–Crippen MR) is 81.6 cm³/mol. The van der Waals surface area contributed by atoms with Gasteiger partial charge in [0.15, 0.2) is 12.0 Å². The molecule has 2 N–H and O–H groups in total. The van der Waals surface area contributed by atoms with E-state index in [2.05, 4.69) is 5.32 Å². The molecule has 4 nitrogen and oxygen atoms in total. The molecule has 1 aliphatic heterocycles. The van der Waals surface area contributed by atoms with Crippen LogP contribution < -0.4 is 5.32 Å². The number of aliphatic carboxylic acids is 1. The van der Waals surface area contributed by atoms with E-state index in [0.717, 1.165) is 10.4 Å². The minimum absolute atomic E-state index is 0.0738. The number of carboxylic acids is 1. The summed E-state index contributed by atoms with van der Waals surface area (Å²) in [4.78, 5) is 12.0. The van der Waals surface area contributed by atoms with Crippen LogP contribution in [-0.2, 0) is 9.53 Å². The van der Waals surface area contributed by atoms with Crippen molar-refractivity contribution in [2.45, 2.75) is 19.6 Å². The van der Waals surface area contributed by atoms with E-state index in [-0.39, 0.29) is 12.6 Å². The minimum atomic E-state index is -0.875. The van der Waals surface area contributed by atoms with Crippen molar-refractivity contribution in [3.63, 3.8) is 0 Å². The lowest BCUT2D eigenvalue weighted by molar-refractivity contribution is -0.136. The van der Waals surface area contributed by atoms with Gasteiger partial charge in [0.2, 0.25) is 0 Å². The Bertz CT molecular complexity index is 674. The number of thiophene rings is 1. The number of carbonyl (C=O) groups is 1. The number of benzene rings is 1. The third kappa shape index (κ3) is 2.92. The summed E-state index contributed by atoms with van der Waals surface area (Å²) < 4.78 is 5.96. The Balaban J connectivity index is 1.88. The standard InChI is InChI=1S/C16H15NO3S/c1-10-4-6-11(7-5-10)16-17-12(9-14(18)19)15(20-16)13-3-2-8-21-13/h2-8,16-17H,9H2,1H3,(H,18,19). The largest absolute Gasteiger partial charge is 0.481 e. The van der Waals surface area contributed by atoms with Gasteiger partial charge in [-0.1, -0.05) is 35.9 Å². The highest BCUT2D eigenvalue weighted by atomic mass is 32.1. The summed E-state index contributed by atoms with van der Waals surface area (Å²) in [6.07, 6.45) is -0.410. The Morgan fingerprint density at radius 1 is 1.33 bits per heavy atom. The number of hydrogen-bond donors (Lipinski definition) is 2. The van der Waals surface area contributed by atoms with Gasteiger partial charge in [-0.25, -0.2) is 0 Å². The second-order valence-corrected chi connectivity index (χ2v) is 5.86. The zero-order valence-corrected chi connectivity index (χ0v) is 12.3. The summed E-state index contributed by atoms with van der Waals surface area (Å²) in [5.74, 6) is -0.238. The van der Waals surface area contributed by atoms with E-state index in [1.807, 2.05) is 48.7 Å². The third-order valence-corrected chi connectivity index (χ3v) is 4.14. The first kappa shape index (κ1) is 13.7. The van der Waals surface area contributed by atoms with Crippen LogP contribution in [-0.4, -0.2) is 11.1 Å². The summed E-state index contributed by atoms with van der Waals surface area (Å²) >= 11 is 1.53. The molecule has 0 radical (unpaired) electrons. The first-order chi connectivity index (χ1) is 10.1. The lowest BCUT2D eigenvalue weighted by Gasteiger charge is -2.13.